The van der Waals surface area contributed by atoms with Crippen molar-refractivity contribution in [2.75, 3.05) is 12.4 Å². The molecule has 0 spiro atoms. The minimum absolute atomic E-state index is 0.0149. The summed E-state index contributed by atoms with van der Waals surface area (Å²) >= 11 is 3.48. The smallest absolute Gasteiger partial charge is 0.243 e. The van der Waals surface area contributed by atoms with Gasteiger partial charge in [-0.05, 0) is 40.6 Å². The van der Waals surface area contributed by atoms with Gasteiger partial charge in [-0.2, -0.15) is 0 Å². The van der Waals surface area contributed by atoms with E-state index in [-0.39, 0.29) is 12.1 Å². The first-order chi connectivity index (χ1) is 11.8. The SMILES string of the molecule is COc1ccccc1[C@@H]1C[C@H](c2ccc(Br)cc2)Nc2nnnn21. The third-order valence-electron chi connectivity index (χ3n) is 4.32. The number of halogens is 1. The summed E-state index contributed by atoms with van der Waals surface area (Å²) in [6, 6.07) is 16.5. The van der Waals surface area contributed by atoms with Crippen LogP contribution in [0.5, 0.6) is 5.75 Å². The molecule has 24 heavy (non-hydrogen) atoms. The Labute approximate surface area is 148 Å². The van der Waals surface area contributed by atoms with Crippen molar-refractivity contribution in [1.29, 1.82) is 0 Å². The summed E-state index contributed by atoms with van der Waals surface area (Å²) in [6.07, 6.45) is 0.833. The van der Waals surface area contributed by atoms with Crippen molar-refractivity contribution in [3.05, 3.63) is 64.1 Å². The first-order valence-corrected chi connectivity index (χ1v) is 8.48. The highest BCUT2D eigenvalue weighted by atomic mass is 79.9. The normalized spacial score (nSPS) is 19.4. The van der Waals surface area contributed by atoms with Crippen molar-refractivity contribution in [2.45, 2.75) is 18.5 Å². The zero-order valence-electron chi connectivity index (χ0n) is 13.1. The Morgan fingerprint density at radius 1 is 1.17 bits per heavy atom. The van der Waals surface area contributed by atoms with E-state index in [9.17, 15) is 0 Å². The van der Waals surface area contributed by atoms with E-state index in [4.69, 9.17) is 4.74 Å². The topological polar surface area (TPSA) is 64.9 Å². The van der Waals surface area contributed by atoms with Crippen LogP contribution in [0, 0.1) is 0 Å². The number of fused-ring (bicyclic) bond motifs is 1. The van der Waals surface area contributed by atoms with Gasteiger partial charge in [0.1, 0.15) is 5.75 Å². The van der Waals surface area contributed by atoms with Crippen LogP contribution in [0.3, 0.4) is 0 Å². The highest BCUT2D eigenvalue weighted by molar-refractivity contribution is 9.10. The van der Waals surface area contributed by atoms with E-state index in [1.165, 1.54) is 5.56 Å². The lowest BCUT2D eigenvalue weighted by atomic mass is 9.93. The van der Waals surface area contributed by atoms with Gasteiger partial charge in [0.05, 0.1) is 19.2 Å². The second-order valence-corrected chi connectivity index (χ2v) is 6.60. The maximum atomic E-state index is 5.54. The number of nitrogens with one attached hydrogen (secondary N) is 1. The van der Waals surface area contributed by atoms with Gasteiger partial charge >= 0.3 is 0 Å². The molecule has 0 aliphatic carbocycles. The van der Waals surface area contributed by atoms with Gasteiger partial charge in [-0.3, -0.25) is 0 Å². The fourth-order valence-corrected chi connectivity index (χ4v) is 3.42. The van der Waals surface area contributed by atoms with Gasteiger partial charge in [-0.25, -0.2) is 4.68 Å². The molecule has 122 valence electrons. The molecule has 4 rings (SSSR count). The number of para-hydroxylation sites is 1. The van der Waals surface area contributed by atoms with Crippen molar-refractivity contribution in [3.8, 4) is 5.75 Å². The van der Waals surface area contributed by atoms with Crippen LogP contribution in [0.4, 0.5) is 5.95 Å². The Bertz CT molecular complexity index is 848. The Balaban J connectivity index is 1.75. The highest BCUT2D eigenvalue weighted by Crippen LogP contribution is 2.40. The van der Waals surface area contributed by atoms with Crippen LogP contribution in [0.15, 0.2) is 53.0 Å². The van der Waals surface area contributed by atoms with E-state index >= 15 is 0 Å². The number of nitrogens with zero attached hydrogens (tertiary/aromatic N) is 4. The molecule has 1 aliphatic rings. The maximum absolute atomic E-state index is 5.54. The van der Waals surface area contributed by atoms with Crippen LogP contribution in [0.2, 0.25) is 0 Å². The lowest BCUT2D eigenvalue weighted by Gasteiger charge is -2.31. The van der Waals surface area contributed by atoms with Crippen LogP contribution in [-0.2, 0) is 0 Å². The number of benzene rings is 2. The number of methoxy groups -OCH3 is 1. The number of hydrogen-bond donors (Lipinski definition) is 1. The molecule has 0 amide bonds. The Kier molecular flexibility index (Phi) is 3.93. The highest BCUT2D eigenvalue weighted by Gasteiger charge is 2.32. The number of rotatable bonds is 3. The second kappa shape index (κ2) is 6.24. The van der Waals surface area contributed by atoms with E-state index < -0.39 is 0 Å². The quantitative estimate of drug-likeness (QED) is 0.745. The largest absolute Gasteiger partial charge is 0.496 e. The molecule has 0 unspecified atom stereocenters. The van der Waals surface area contributed by atoms with E-state index in [0.717, 1.165) is 22.2 Å². The fourth-order valence-electron chi connectivity index (χ4n) is 3.15. The zero-order chi connectivity index (χ0) is 16.5. The third-order valence-corrected chi connectivity index (χ3v) is 4.85. The molecule has 7 heteroatoms. The van der Waals surface area contributed by atoms with Crippen molar-refractivity contribution < 1.29 is 4.74 Å². The predicted octanol–water partition coefficient (Wildman–Crippen LogP) is 3.59. The summed E-state index contributed by atoms with van der Waals surface area (Å²) < 4.78 is 8.43. The lowest BCUT2D eigenvalue weighted by molar-refractivity contribution is 0.377. The molecule has 1 aliphatic heterocycles. The summed E-state index contributed by atoms with van der Waals surface area (Å²) in [7, 11) is 1.69. The van der Waals surface area contributed by atoms with Gasteiger partial charge in [0, 0.05) is 10.0 Å². The Morgan fingerprint density at radius 3 is 2.75 bits per heavy atom. The third kappa shape index (κ3) is 2.65. The standard InChI is InChI=1S/C17H16BrN5O/c1-24-16-5-3-2-4-13(16)15-10-14(11-6-8-12(18)9-7-11)19-17-20-21-22-23(15)17/h2-9,14-15H,10H2,1H3,(H,19,20,22)/t14-,15+/m1/s1. The molecule has 1 aromatic heterocycles. The van der Waals surface area contributed by atoms with Crippen molar-refractivity contribution >= 4 is 21.9 Å². The van der Waals surface area contributed by atoms with Crippen LogP contribution in [-0.4, -0.2) is 27.3 Å². The minimum Gasteiger partial charge on any atom is -0.496 e. The molecule has 0 fully saturated rings. The van der Waals surface area contributed by atoms with Crippen LogP contribution in [0.25, 0.3) is 0 Å². The van der Waals surface area contributed by atoms with E-state index in [2.05, 4.69) is 55.0 Å². The zero-order valence-corrected chi connectivity index (χ0v) is 14.6. The van der Waals surface area contributed by atoms with Crippen molar-refractivity contribution in [2.24, 2.45) is 0 Å². The summed E-state index contributed by atoms with van der Waals surface area (Å²) in [5.41, 5.74) is 2.28. The fraction of sp³-hybridized carbons (Fsp3) is 0.235. The lowest BCUT2D eigenvalue weighted by Crippen LogP contribution is -2.28. The summed E-state index contributed by atoms with van der Waals surface area (Å²) in [5.74, 6) is 1.52. The van der Waals surface area contributed by atoms with E-state index in [0.29, 0.717) is 5.95 Å². The van der Waals surface area contributed by atoms with Crippen LogP contribution < -0.4 is 10.1 Å². The van der Waals surface area contributed by atoms with Gasteiger partial charge < -0.3 is 10.1 Å². The number of aromatic nitrogens is 4. The molecule has 0 radical (unpaired) electrons. The molecule has 0 saturated carbocycles. The van der Waals surface area contributed by atoms with Crippen molar-refractivity contribution in [3.63, 3.8) is 0 Å². The average molecular weight is 386 g/mol. The molecule has 2 atom stereocenters. The van der Waals surface area contributed by atoms with E-state index in [1.807, 2.05) is 35.0 Å². The van der Waals surface area contributed by atoms with Gasteiger partial charge in [-0.1, -0.05) is 51.4 Å². The molecule has 2 aromatic carbocycles. The van der Waals surface area contributed by atoms with E-state index in [1.54, 1.807) is 7.11 Å². The number of tetrazole rings is 1. The van der Waals surface area contributed by atoms with Gasteiger partial charge in [0.25, 0.3) is 0 Å². The van der Waals surface area contributed by atoms with Crippen molar-refractivity contribution in [1.82, 2.24) is 20.2 Å². The molecule has 6 nitrogen and oxygen atoms in total. The number of hydrogen-bond acceptors (Lipinski definition) is 5. The number of anilines is 1. The van der Waals surface area contributed by atoms with Gasteiger partial charge in [-0.15, -0.1) is 0 Å². The molecular weight excluding hydrogens is 370 g/mol. The molecular formula is C17H16BrN5O. The first kappa shape index (κ1) is 15.1. The molecule has 1 N–H and O–H groups in total. The molecule has 0 bridgehead atoms. The van der Waals surface area contributed by atoms with Gasteiger partial charge in [0.2, 0.25) is 5.95 Å². The Morgan fingerprint density at radius 2 is 1.96 bits per heavy atom. The van der Waals surface area contributed by atoms with Crippen LogP contribution >= 0.6 is 15.9 Å². The van der Waals surface area contributed by atoms with Crippen LogP contribution in [0.1, 0.15) is 29.6 Å². The first-order valence-electron chi connectivity index (χ1n) is 7.69. The Hall–Kier alpha value is -2.41. The molecule has 2 heterocycles. The molecule has 3 aromatic rings. The summed E-state index contributed by atoms with van der Waals surface area (Å²) in [5, 5.41) is 15.5. The average Bonchev–Trinajstić information content (AvgIpc) is 3.10. The van der Waals surface area contributed by atoms with Gasteiger partial charge in [0.15, 0.2) is 0 Å². The monoisotopic (exact) mass is 385 g/mol. The summed E-state index contributed by atoms with van der Waals surface area (Å²) in [4.78, 5) is 0. The number of ether oxygens (including phenoxy) is 1. The summed E-state index contributed by atoms with van der Waals surface area (Å²) in [6.45, 7) is 0. The second-order valence-electron chi connectivity index (χ2n) is 5.69. The predicted molar refractivity (Wildman–Crippen MR) is 94.1 cm³/mol. The molecule has 0 saturated heterocycles. The minimum atomic E-state index is 0.0149. The maximum Gasteiger partial charge on any atom is 0.243 e.